The van der Waals surface area contributed by atoms with E-state index in [9.17, 15) is 4.79 Å². The average Bonchev–Trinajstić information content (AvgIpc) is 2.85. The van der Waals surface area contributed by atoms with Gasteiger partial charge in [-0.05, 0) is 31.5 Å². The average molecular weight is 255 g/mol. The maximum absolute atomic E-state index is 11.9. The molecule has 19 heavy (non-hydrogen) atoms. The van der Waals surface area contributed by atoms with Gasteiger partial charge in [-0.2, -0.15) is 5.26 Å². The third-order valence-corrected chi connectivity index (χ3v) is 2.74. The Labute approximate surface area is 110 Å². The van der Waals surface area contributed by atoms with Gasteiger partial charge < -0.3 is 9.84 Å². The molecule has 0 aliphatic rings. The molecular weight excluding hydrogens is 242 g/mol. The maximum Gasteiger partial charge on any atom is 0.290 e. The number of nitrogens with one attached hydrogen (secondary N) is 1. The minimum atomic E-state index is -0.308. The predicted octanol–water partition coefficient (Wildman–Crippen LogP) is 2.35. The van der Waals surface area contributed by atoms with Crippen molar-refractivity contribution in [1.29, 1.82) is 5.26 Å². The molecule has 0 radical (unpaired) electrons. The highest BCUT2D eigenvalue weighted by atomic mass is 16.5. The number of benzene rings is 1. The van der Waals surface area contributed by atoms with Crippen molar-refractivity contribution in [2.75, 3.05) is 0 Å². The van der Waals surface area contributed by atoms with Gasteiger partial charge in [0.05, 0.1) is 23.4 Å². The summed E-state index contributed by atoms with van der Waals surface area (Å²) in [4.78, 5) is 11.9. The number of hydrogen-bond acceptors (Lipinski definition) is 4. The molecule has 1 aromatic carbocycles. The highest BCUT2D eigenvalue weighted by molar-refractivity contribution is 5.91. The fourth-order valence-corrected chi connectivity index (χ4v) is 1.67. The molecule has 0 aliphatic carbocycles. The van der Waals surface area contributed by atoms with Gasteiger partial charge in [0, 0.05) is 6.07 Å². The molecule has 0 spiro atoms. The first kappa shape index (κ1) is 12.8. The van der Waals surface area contributed by atoms with Crippen molar-refractivity contribution in [2.24, 2.45) is 0 Å². The van der Waals surface area contributed by atoms with Crippen molar-refractivity contribution in [1.82, 2.24) is 10.5 Å². The van der Waals surface area contributed by atoms with E-state index in [1.54, 1.807) is 25.1 Å². The zero-order chi connectivity index (χ0) is 13.8. The monoisotopic (exact) mass is 255 g/mol. The van der Waals surface area contributed by atoms with E-state index in [1.165, 1.54) is 0 Å². The van der Waals surface area contributed by atoms with Gasteiger partial charge in [0.1, 0.15) is 0 Å². The second-order valence-corrected chi connectivity index (χ2v) is 4.26. The molecule has 96 valence electrons. The van der Waals surface area contributed by atoms with Crippen molar-refractivity contribution in [3.63, 3.8) is 0 Å². The molecule has 1 unspecified atom stereocenters. The SMILES string of the molecule is Cc1cc(C(=O)NC(C)c2ccc(C#N)cc2)on1. The Balaban J connectivity index is 2.06. The highest BCUT2D eigenvalue weighted by Gasteiger charge is 2.15. The fourth-order valence-electron chi connectivity index (χ4n) is 1.67. The summed E-state index contributed by atoms with van der Waals surface area (Å²) >= 11 is 0. The van der Waals surface area contributed by atoms with Crippen LogP contribution in [0.1, 0.15) is 40.3 Å². The number of amides is 1. The number of aryl methyl sites for hydroxylation is 1. The van der Waals surface area contributed by atoms with Gasteiger partial charge in [-0.15, -0.1) is 0 Å². The zero-order valence-corrected chi connectivity index (χ0v) is 10.7. The van der Waals surface area contributed by atoms with Crippen molar-refractivity contribution in [3.8, 4) is 6.07 Å². The number of nitriles is 1. The van der Waals surface area contributed by atoms with E-state index in [0.717, 1.165) is 5.56 Å². The maximum atomic E-state index is 11.9. The smallest absolute Gasteiger partial charge is 0.290 e. The number of carbonyl (C=O) groups is 1. The predicted molar refractivity (Wildman–Crippen MR) is 68.3 cm³/mol. The molecule has 5 heteroatoms. The summed E-state index contributed by atoms with van der Waals surface area (Å²) in [7, 11) is 0. The van der Waals surface area contributed by atoms with E-state index in [4.69, 9.17) is 9.78 Å². The van der Waals surface area contributed by atoms with Gasteiger partial charge in [0.25, 0.3) is 5.91 Å². The van der Waals surface area contributed by atoms with Crippen LogP contribution in [0.5, 0.6) is 0 Å². The van der Waals surface area contributed by atoms with E-state index in [-0.39, 0.29) is 17.7 Å². The first-order chi connectivity index (χ1) is 9.10. The molecule has 1 heterocycles. The van der Waals surface area contributed by atoms with Crippen LogP contribution in [0.15, 0.2) is 34.9 Å². The lowest BCUT2D eigenvalue weighted by Gasteiger charge is -2.12. The van der Waals surface area contributed by atoms with Gasteiger partial charge in [0.15, 0.2) is 0 Å². The summed E-state index contributed by atoms with van der Waals surface area (Å²) in [5.41, 5.74) is 2.17. The summed E-state index contributed by atoms with van der Waals surface area (Å²) < 4.78 is 4.89. The van der Waals surface area contributed by atoms with Gasteiger partial charge >= 0.3 is 0 Å². The van der Waals surface area contributed by atoms with Crippen LogP contribution in [0.2, 0.25) is 0 Å². The van der Waals surface area contributed by atoms with Crippen LogP contribution in [0, 0.1) is 18.3 Å². The van der Waals surface area contributed by atoms with Crippen LogP contribution in [0.4, 0.5) is 0 Å². The van der Waals surface area contributed by atoms with Gasteiger partial charge in [0.2, 0.25) is 5.76 Å². The van der Waals surface area contributed by atoms with Gasteiger partial charge in [-0.25, -0.2) is 0 Å². The van der Waals surface area contributed by atoms with Gasteiger partial charge in [-0.3, -0.25) is 4.79 Å². The van der Waals surface area contributed by atoms with E-state index >= 15 is 0 Å². The van der Waals surface area contributed by atoms with Crippen LogP contribution in [-0.2, 0) is 0 Å². The molecular formula is C14H13N3O2. The third kappa shape index (κ3) is 2.99. The topological polar surface area (TPSA) is 78.9 Å². The molecule has 2 aromatic rings. The largest absolute Gasteiger partial charge is 0.351 e. The molecule has 2 rings (SSSR count). The minimum absolute atomic E-state index is 0.175. The van der Waals surface area contributed by atoms with E-state index in [2.05, 4.69) is 16.5 Å². The van der Waals surface area contributed by atoms with Gasteiger partial charge in [-0.1, -0.05) is 17.3 Å². The lowest BCUT2D eigenvalue weighted by Crippen LogP contribution is -2.26. The number of aromatic nitrogens is 1. The lowest BCUT2D eigenvalue weighted by molar-refractivity contribution is 0.0902. The first-order valence-corrected chi connectivity index (χ1v) is 5.84. The summed E-state index contributed by atoms with van der Waals surface area (Å²) in [6, 6.07) is 10.5. The highest BCUT2D eigenvalue weighted by Crippen LogP contribution is 2.14. The molecule has 1 amide bonds. The summed E-state index contributed by atoms with van der Waals surface area (Å²) in [5.74, 6) is -0.115. The van der Waals surface area contributed by atoms with Crippen LogP contribution >= 0.6 is 0 Å². The number of carbonyl (C=O) groups excluding carboxylic acids is 1. The molecule has 1 atom stereocenters. The second kappa shape index (κ2) is 5.36. The standard InChI is InChI=1S/C14H13N3O2/c1-9-7-13(19-17-9)14(18)16-10(2)12-5-3-11(8-15)4-6-12/h3-7,10H,1-2H3,(H,16,18). The summed E-state index contributed by atoms with van der Waals surface area (Å²) in [5, 5.41) is 15.2. The molecule has 0 aliphatic heterocycles. The Bertz CT molecular complexity index is 623. The molecule has 0 saturated heterocycles. The minimum Gasteiger partial charge on any atom is -0.351 e. The number of rotatable bonds is 3. The molecule has 0 bridgehead atoms. The quantitative estimate of drug-likeness (QED) is 0.913. The molecule has 0 saturated carbocycles. The second-order valence-electron chi connectivity index (χ2n) is 4.26. The van der Waals surface area contributed by atoms with E-state index < -0.39 is 0 Å². The van der Waals surface area contributed by atoms with E-state index in [1.807, 2.05) is 19.1 Å². The van der Waals surface area contributed by atoms with Crippen LogP contribution < -0.4 is 5.32 Å². The fraction of sp³-hybridized carbons (Fsp3) is 0.214. The van der Waals surface area contributed by atoms with Crippen LogP contribution in [0.3, 0.4) is 0 Å². The molecule has 0 fully saturated rings. The Morgan fingerprint density at radius 3 is 2.63 bits per heavy atom. The first-order valence-electron chi connectivity index (χ1n) is 5.84. The molecule has 1 aromatic heterocycles. The zero-order valence-electron chi connectivity index (χ0n) is 10.7. The van der Waals surface area contributed by atoms with E-state index in [0.29, 0.717) is 11.3 Å². The Kier molecular flexibility index (Phi) is 3.62. The van der Waals surface area contributed by atoms with Crippen molar-refractivity contribution >= 4 is 5.91 Å². The van der Waals surface area contributed by atoms with Crippen molar-refractivity contribution in [3.05, 3.63) is 52.9 Å². The molecule has 5 nitrogen and oxygen atoms in total. The number of nitrogens with zero attached hydrogens (tertiary/aromatic N) is 2. The normalized spacial score (nSPS) is 11.6. The Morgan fingerprint density at radius 2 is 2.11 bits per heavy atom. The molecule has 1 N–H and O–H groups in total. The van der Waals surface area contributed by atoms with Crippen LogP contribution in [-0.4, -0.2) is 11.1 Å². The van der Waals surface area contributed by atoms with Crippen molar-refractivity contribution < 1.29 is 9.32 Å². The summed E-state index contributed by atoms with van der Waals surface area (Å²) in [6.07, 6.45) is 0. The van der Waals surface area contributed by atoms with Crippen LogP contribution in [0.25, 0.3) is 0 Å². The number of hydrogen-bond donors (Lipinski definition) is 1. The Morgan fingerprint density at radius 1 is 1.42 bits per heavy atom. The summed E-state index contributed by atoms with van der Waals surface area (Å²) in [6.45, 7) is 3.62. The van der Waals surface area contributed by atoms with Crippen molar-refractivity contribution in [2.45, 2.75) is 19.9 Å². The lowest BCUT2D eigenvalue weighted by atomic mass is 10.1. The third-order valence-electron chi connectivity index (χ3n) is 2.74. The Hall–Kier alpha value is -2.61.